The van der Waals surface area contributed by atoms with Crippen LogP contribution in [-0.4, -0.2) is 37.7 Å². The Kier molecular flexibility index (Phi) is 5.24. The van der Waals surface area contributed by atoms with E-state index < -0.39 is 0 Å². The van der Waals surface area contributed by atoms with E-state index in [1.54, 1.807) is 6.07 Å². The van der Waals surface area contributed by atoms with Crippen LogP contribution in [0.25, 0.3) is 0 Å². The van der Waals surface area contributed by atoms with Crippen molar-refractivity contribution in [2.24, 2.45) is 5.92 Å². The predicted octanol–water partition coefficient (Wildman–Crippen LogP) is 3.37. The van der Waals surface area contributed by atoms with E-state index >= 15 is 0 Å². The van der Waals surface area contributed by atoms with Crippen molar-refractivity contribution in [1.82, 2.24) is 4.90 Å². The van der Waals surface area contributed by atoms with Crippen LogP contribution in [0.4, 0.5) is 10.1 Å². The molecule has 0 spiro atoms. The van der Waals surface area contributed by atoms with Crippen molar-refractivity contribution in [1.29, 1.82) is 0 Å². The lowest BCUT2D eigenvalue weighted by Crippen LogP contribution is -2.37. The number of rotatable bonds is 5. The Morgan fingerprint density at radius 1 is 1.40 bits per heavy atom. The molecule has 1 aliphatic heterocycles. The average Bonchev–Trinajstić information content (AvgIpc) is 2.42. The van der Waals surface area contributed by atoms with Gasteiger partial charge in [-0.15, -0.1) is 0 Å². The number of hydrogen-bond donors (Lipinski definition) is 1. The first-order valence-corrected chi connectivity index (χ1v) is 7.47. The fourth-order valence-electron chi connectivity index (χ4n) is 2.77. The van der Waals surface area contributed by atoms with Gasteiger partial charge in [-0.2, -0.15) is 0 Å². The van der Waals surface area contributed by atoms with Crippen molar-refractivity contribution >= 4 is 5.69 Å². The lowest BCUT2D eigenvalue weighted by Gasteiger charge is -2.33. The van der Waals surface area contributed by atoms with Crippen LogP contribution in [0.15, 0.2) is 18.2 Å². The fraction of sp³-hybridized carbons (Fsp3) is 0.625. The molecular formula is C16H25FN2O. The number of benzene rings is 1. The highest BCUT2D eigenvalue weighted by Gasteiger charge is 2.22. The molecule has 1 fully saturated rings. The van der Waals surface area contributed by atoms with Crippen LogP contribution < -0.4 is 10.1 Å². The summed E-state index contributed by atoms with van der Waals surface area (Å²) in [4.78, 5) is 2.36. The van der Waals surface area contributed by atoms with E-state index in [4.69, 9.17) is 4.74 Å². The van der Waals surface area contributed by atoms with Crippen LogP contribution in [-0.2, 0) is 0 Å². The smallest absolute Gasteiger partial charge is 0.167 e. The summed E-state index contributed by atoms with van der Waals surface area (Å²) in [5.41, 5.74) is 0.831. The van der Waals surface area contributed by atoms with E-state index in [0.29, 0.717) is 24.3 Å². The minimum absolute atomic E-state index is 0.299. The summed E-state index contributed by atoms with van der Waals surface area (Å²) in [6.07, 6.45) is 2.40. The molecule has 0 bridgehead atoms. The Balaban J connectivity index is 1.94. The summed E-state index contributed by atoms with van der Waals surface area (Å²) in [6, 6.07) is 5.47. The van der Waals surface area contributed by atoms with E-state index in [1.165, 1.54) is 18.9 Å². The monoisotopic (exact) mass is 280 g/mol. The number of ether oxygens (including phenoxy) is 1. The second-order valence-corrected chi connectivity index (χ2v) is 5.65. The Morgan fingerprint density at radius 2 is 2.10 bits per heavy atom. The van der Waals surface area contributed by atoms with Gasteiger partial charge in [-0.1, -0.05) is 0 Å². The minimum atomic E-state index is -0.299. The van der Waals surface area contributed by atoms with Crippen LogP contribution in [0.5, 0.6) is 5.75 Å². The third-order valence-corrected chi connectivity index (χ3v) is 4.10. The van der Waals surface area contributed by atoms with Gasteiger partial charge in [0.1, 0.15) is 0 Å². The molecule has 20 heavy (non-hydrogen) atoms. The van der Waals surface area contributed by atoms with Gasteiger partial charge in [0.25, 0.3) is 0 Å². The van der Waals surface area contributed by atoms with Crippen LogP contribution >= 0.6 is 0 Å². The van der Waals surface area contributed by atoms with Crippen molar-refractivity contribution in [3.8, 4) is 5.75 Å². The Hall–Kier alpha value is -1.29. The number of likely N-dealkylation sites (tertiary alicyclic amines) is 1. The second kappa shape index (κ2) is 6.93. The highest BCUT2D eigenvalue weighted by atomic mass is 19.1. The second-order valence-electron chi connectivity index (χ2n) is 5.65. The SMILES string of the molecule is CCOc1ccc(NC(C)C2CCN(C)CC2)cc1F. The zero-order valence-electron chi connectivity index (χ0n) is 12.7. The minimum Gasteiger partial charge on any atom is -0.491 e. The maximum Gasteiger partial charge on any atom is 0.167 e. The lowest BCUT2D eigenvalue weighted by molar-refractivity contribution is 0.208. The van der Waals surface area contributed by atoms with E-state index in [-0.39, 0.29) is 5.82 Å². The average molecular weight is 280 g/mol. The van der Waals surface area contributed by atoms with Crippen molar-refractivity contribution in [2.75, 3.05) is 32.1 Å². The topological polar surface area (TPSA) is 24.5 Å². The number of anilines is 1. The molecule has 1 aliphatic rings. The van der Waals surface area contributed by atoms with E-state index in [0.717, 1.165) is 18.8 Å². The molecule has 0 saturated carbocycles. The lowest BCUT2D eigenvalue weighted by atomic mass is 9.90. The quantitative estimate of drug-likeness (QED) is 0.895. The Bertz CT molecular complexity index is 430. The first-order valence-electron chi connectivity index (χ1n) is 7.47. The highest BCUT2D eigenvalue weighted by molar-refractivity contribution is 5.48. The van der Waals surface area contributed by atoms with Gasteiger partial charge in [0.05, 0.1) is 6.61 Å². The van der Waals surface area contributed by atoms with Gasteiger partial charge < -0.3 is 15.0 Å². The predicted molar refractivity (Wildman–Crippen MR) is 80.9 cm³/mol. The van der Waals surface area contributed by atoms with Gasteiger partial charge in [-0.3, -0.25) is 0 Å². The van der Waals surface area contributed by atoms with Crippen LogP contribution in [0, 0.1) is 11.7 Å². The molecule has 3 nitrogen and oxygen atoms in total. The van der Waals surface area contributed by atoms with Crippen molar-refractivity contribution in [3.05, 3.63) is 24.0 Å². The van der Waals surface area contributed by atoms with Crippen molar-refractivity contribution in [3.63, 3.8) is 0 Å². The van der Waals surface area contributed by atoms with Crippen molar-refractivity contribution < 1.29 is 9.13 Å². The molecular weight excluding hydrogens is 255 g/mol. The van der Waals surface area contributed by atoms with E-state index in [1.807, 2.05) is 13.0 Å². The summed E-state index contributed by atoms with van der Waals surface area (Å²) in [5, 5.41) is 3.42. The number of nitrogens with zero attached hydrogens (tertiary/aromatic N) is 1. The summed E-state index contributed by atoms with van der Waals surface area (Å²) >= 11 is 0. The Morgan fingerprint density at radius 3 is 2.70 bits per heavy atom. The zero-order chi connectivity index (χ0) is 14.5. The molecule has 1 unspecified atom stereocenters. The third kappa shape index (κ3) is 3.85. The molecule has 0 amide bonds. The van der Waals surface area contributed by atoms with Gasteiger partial charge in [0.15, 0.2) is 11.6 Å². The molecule has 112 valence electrons. The molecule has 1 heterocycles. The largest absolute Gasteiger partial charge is 0.491 e. The first kappa shape index (κ1) is 15.1. The zero-order valence-corrected chi connectivity index (χ0v) is 12.7. The molecule has 0 aliphatic carbocycles. The van der Waals surface area contributed by atoms with Gasteiger partial charge in [-0.05, 0) is 64.9 Å². The van der Waals surface area contributed by atoms with E-state index in [9.17, 15) is 4.39 Å². The number of hydrogen-bond acceptors (Lipinski definition) is 3. The molecule has 0 aromatic heterocycles. The summed E-state index contributed by atoms with van der Waals surface area (Å²) in [6.45, 7) is 6.82. The molecule has 1 atom stereocenters. The van der Waals surface area contributed by atoms with Gasteiger partial charge in [0, 0.05) is 17.8 Å². The van der Waals surface area contributed by atoms with Crippen LogP contribution in [0.1, 0.15) is 26.7 Å². The molecule has 2 rings (SSSR count). The third-order valence-electron chi connectivity index (χ3n) is 4.10. The number of halogens is 1. The molecule has 0 radical (unpaired) electrons. The van der Waals surface area contributed by atoms with Crippen LogP contribution in [0.2, 0.25) is 0 Å². The highest BCUT2D eigenvalue weighted by Crippen LogP contribution is 2.25. The van der Waals surface area contributed by atoms with Gasteiger partial charge in [0.2, 0.25) is 0 Å². The number of nitrogens with one attached hydrogen (secondary N) is 1. The van der Waals surface area contributed by atoms with Crippen LogP contribution in [0.3, 0.4) is 0 Å². The summed E-state index contributed by atoms with van der Waals surface area (Å²) in [5.74, 6) is 0.679. The maximum atomic E-state index is 13.8. The van der Waals surface area contributed by atoms with Crippen molar-refractivity contribution in [2.45, 2.75) is 32.7 Å². The molecule has 1 saturated heterocycles. The van der Waals surface area contributed by atoms with Gasteiger partial charge in [-0.25, -0.2) is 4.39 Å². The standard InChI is InChI=1S/C16H25FN2O/c1-4-20-16-6-5-14(11-15(16)17)18-12(2)13-7-9-19(3)10-8-13/h5-6,11-13,18H,4,7-10H2,1-3H3. The van der Waals surface area contributed by atoms with E-state index in [2.05, 4.69) is 24.2 Å². The normalized spacial score (nSPS) is 18.8. The molecule has 1 aromatic carbocycles. The fourth-order valence-corrected chi connectivity index (χ4v) is 2.77. The first-order chi connectivity index (χ1) is 9.60. The summed E-state index contributed by atoms with van der Waals surface area (Å²) in [7, 11) is 2.16. The number of piperidine rings is 1. The summed E-state index contributed by atoms with van der Waals surface area (Å²) < 4.78 is 19.0. The molecule has 4 heteroatoms. The maximum absolute atomic E-state index is 13.8. The van der Waals surface area contributed by atoms with Gasteiger partial charge >= 0.3 is 0 Å². The molecule has 1 N–H and O–H groups in total. The molecule has 1 aromatic rings. The Labute approximate surface area is 121 Å².